The Morgan fingerprint density at radius 3 is 2.47 bits per heavy atom. The first-order valence-corrected chi connectivity index (χ1v) is 6.29. The Morgan fingerprint density at radius 2 is 1.95 bits per heavy atom. The van der Waals surface area contributed by atoms with Crippen molar-refractivity contribution in [3.8, 4) is 11.5 Å². The van der Waals surface area contributed by atoms with Crippen LogP contribution in [0.15, 0.2) is 24.3 Å². The normalized spacial score (nSPS) is 12.2. The van der Waals surface area contributed by atoms with Gasteiger partial charge in [-0.25, -0.2) is 0 Å². The van der Waals surface area contributed by atoms with E-state index in [4.69, 9.17) is 14.6 Å². The lowest BCUT2D eigenvalue weighted by Crippen LogP contribution is -2.41. The highest BCUT2D eigenvalue weighted by Gasteiger charge is 2.18. The largest absolute Gasteiger partial charge is 0.493 e. The minimum atomic E-state index is -0.864. The molecule has 2 N–H and O–H groups in total. The van der Waals surface area contributed by atoms with E-state index in [1.165, 1.54) is 0 Å². The highest BCUT2D eigenvalue weighted by atomic mass is 16.5. The summed E-state index contributed by atoms with van der Waals surface area (Å²) in [7, 11) is 1.57. The number of carboxylic acids is 1. The van der Waals surface area contributed by atoms with Crippen LogP contribution in [0, 0.1) is 0 Å². The van der Waals surface area contributed by atoms with Crippen LogP contribution in [0.1, 0.15) is 20.3 Å². The van der Waals surface area contributed by atoms with Gasteiger partial charge in [0.05, 0.1) is 13.7 Å². The maximum Gasteiger partial charge on any atom is 0.320 e. The van der Waals surface area contributed by atoms with Gasteiger partial charge in [-0.15, -0.1) is 0 Å². The van der Waals surface area contributed by atoms with Crippen molar-refractivity contribution in [2.75, 3.05) is 13.7 Å². The molecule has 1 aromatic carbocycles. The number of para-hydroxylation sites is 2. The van der Waals surface area contributed by atoms with Crippen LogP contribution >= 0.6 is 0 Å². The van der Waals surface area contributed by atoms with E-state index in [1.54, 1.807) is 19.2 Å². The zero-order valence-electron chi connectivity index (χ0n) is 11.6. The molecule has 1 atom stereocenters. The van der Waals surface area contributed by atoms with Gasteiger partial charge in [0.15, 0.2) is 11.5 Å². The third-order valence-corrected chi connectivity index (χ3v) is 2.57. The molecule has 1 rings (SSSR count). The predicted octanol–water partition coefficient (Wildman–Crippen LogP) is 1.92. The van der Waals surface area contributed by atoms with E-state index < -0.39 is 12.0 Å². The van der Waals surface area contributed by atoms with Gasteiger partial charge < -0.3 is 19.9 Å². The Kier molecular flexibility index (Phi) is 6.15. The van der Waals surface area contributed by atoms with Gasteiger partial charge in [-0.05, 0) is 12.1 Å². The number of rotatable bonds is 8. The Bertz CT molecular complexity index is 406. The van der Waals surface area contributed by atoms with Gasteiger partial charge in [-0.3, -0.25) is 4.79 Å². The van der Waals surface area contributed by atoms with Gasteiger partial charge in [0.25, 0.3) is 0 Å². The molecular weight excluding hydrogens is 246 g/mol. The maximum absolute atomic E-state index is 11.1. The molecule has 0 saturated heterocycles. The van der Waals surface area contributed by atoms with Gasteiger partial charge >= 0.3 is 5.97 Å². The van der Waals surface area contributed by atoms with Crippen molar-refractivity contribution in [2.24, 2.45) is 0 Å². The number of nitrogens with one attached hydrogen (secondary N) is 1. The molecule has 0 bridgehead atoms. The summed E-state index contributed by atoms with van der Waals surface area (Å²) in [6.07, 6.45) is 0.394. The molecular formula is C14H21NO4. The van der Waals surface area contributed by atoms with Crippen LogP contribution in [0.25, 0.3) is 0 Å². The van der Waals surface area contributed by atoms with Crippen LogP contribution in [-0.4, -0.2) is 36.9 Å². The summed E-state index contributed by atoms with van der Waals surface area (Å²) in [6.45, 7) is 4.14. The van der Waals surface area contributed by atoms with Crippen molar-refractivity contribution >= 4 is 5.97 Å². The van der Waals surface area contributed by atoms with Crippen LogP contribution < -0.4 is 14.8 Å². The SMILES string of the molecule is COc1ccccc1OCCC(NC(C)C)C(=O)O. The van der Waals surface area contributed by atoms with Crippen molar-refractivity contribution in [1.82, 2.24) is 5.32 Å². The topological polar surface area (TPSA) is 67.8 Å². The smallest absolute Gasteiger partial charge is 0.320 e. The molecule has 0 amide bonds. The zero-order valence-corrected chi connectivity index (χ0v) is 11.6. The molecule has 0 aliphatic rings. The van der Waals surface area contributed by atoms with E-state index >= 15 is 0 Å². The van der Waals surface area contributed by atoms with Crippen molar-refractivity contribution < 1.29 is 19.4 Å². The summed E-state index contributed by atoms with van der Waals surface area (Å²) < 4.78 is 10.7. The minimum Gasteiger partial charge on any atom is -0.493 e. The number of aliphatic carboxylic acids is 1. The van der Waals surface area contributed by atoms with E-state index in [2.05, 4.69) is 5.32 Å². The number of benzene rings is 1. The fraction of sp³-hybridized carbons (Fsp3) is 0.500. The maximum atomic E-state index is 11.1. The molecule has 1 unspecified atom stereocenters. The van der Waals surface area contributed by atoms with Crippen LogP contribution in [0.3, 0.4) is 0 Å². The number of carbonyl (C=O) groups is 1. The van der Waals surface area contributed by atoms with Crippen molar-refractivity contribution in [2.45, 2.75) is 32.4 Å². The summed E-state index contributed by atoms with van der Waals surface area (Å²) in [5.41, 5.74) is 0. The van der Waals surface area contributed by atoms with E-state index in [9.17, 15) is 4.79 Å². The number of ether oxygens (including phenoxy) is 2. The lowest BCUT2D eigenvalue weighted by molar-refractivity contribution is -0.140. The molecule has 0 fully saturated rings. The Morgan fingerprint density at radius 1 is 1.32 bits per heavy atom. The molecule has 0 aliphatic heterocycles. The molecule has 1 aromatic rings. The van der Waals surface area contributed by atoms with E-state index in [1.807, 2.05) is 26.0 Å². The number of methoxy groups -OCH3 is 1. The van der Waals surface area contributed by atoms with Crippen LogP contribution in [0.5, 0.6) is 11.5 Å². The van der Waals surface area contributed by atoms with E-state index in [0.29, 0.717) is 24.5 Å². The summed E-state index contributed by atoms with van der Waals surface area (Å²) in [5.74, 6) is 0.405. The predicted molar refractivity (Wildman–Crippen MR) is 72.8 cm³/mol. The van der Waals surface area contributed by atoms with Crippen molar-refractivity contribution in [3.05, 3.63) is 24.3 Å². The molecule has 5 nitrogen and oxygen atoms in total. The average Bonchev–Trinajstić information content (AvgIpc) is 2.37. The number of hydrogen-bond donors (Lipinski definition) is 2. The molecule has 0 radical (unpaired) electrons. The monoisotopic (exact) mass is 267 g/mol. The minimum absolute atomic E-state index is 0.118. The molecule has 0 heterocycles. The standard InChI is InChI=1S/C14H21NO4/c1-10(2)15-11(14(16)17)8-9-19-13-7-5-4-6-12(13)18-3/h4-7,10-11,15H,8-9H2,1-3H3,(H,16,17). The van der Waals surface area contributed by atoms with E-state index in [0.717, 1.165) is 0 Å². The van der Waals surface area contributed by atoms with Gasteiger partial charge in [0.1, 0.15) is 6.04 Å². The van der Waals surface area contributed by atoms with Crippen molar-refractivity contribution in [3.63, 3.8) is 0 Å². The summed E-state index contributed by atoms with van der Waals surface area (Å²) in [6, 6.07) is 6.81. The number of carboxylic acid groups (broad SMARTS) is 1. The van der Waals surface area contributed by atoms with E-state index in [-0.39, 0.29) is 6.04 Å². The Labute approximate surface area is 113 Å². The second-order valence-corrected chi connectivity index (χ2v) is 4.50. The highest BCUT2D eigenvalue weighted by molar-refractivity contribution is 5.73. The Balaban J connectivity index is 2.49. The first-order chi connectivity index (χ1) is 9.04. The summed E-state index contributed by atoms with van der Waals surface area (Å²) in [4.78, 5) is 11.1. The van der Waals surface area contributed by atoms with Crippen molar-refractivity contribution in [1.29, 1.82) is 0 Å². The average molecular weight is 267 g/mol. The second-order valence-electron chi connectivity index (χ2n) is 4.50. The molecule has 19 heavy (non-hydrogen) atoms. The highest BCUT2D eigenvalue weighted by Crippen LogP contribution is 2.25. The lowest BCUT2D eigenvalue weighted by atomic mass is 10.2. The first-order valence-electron chi connectivity index (χ1n) is 6.29. The molecule has 0 aromatic heterocycles. The molecule has 0 saturated carbocycles. The number of hydrogen-bond acceptors (Lipinski definition) is 4. The molecule has 0 aliphatic carbocycles. The zero-order chi connectivity index (χ0) is 14.3. The fourth-order valence-corrected chi connectivity index (χ4v) is 1.71. The lowest BCUT2D eigenvalue weighted by Gasteiger charge is -2.17. The third kappa shape index (κ3) is 5.18. The van der Waals surface area contributed by atoms with Crippen LogP contribution in [0.4, 0.5) is 0 Å². The van der Waals surface area contributed by atoms with Gasteiger partial charge in [0, 0.05) is 12.5 Å². The summed E-state index contributed by atoms with van der Waals surface area (Å²) in [5, 5.41) is 12.1. The van der Waals surface area contributed by atoms with Gasteiger partial charge in [-0.1, -0.05) is 26.0 Å². The quantitative estimate of drug-likeness (QED) is 0.753. The fourth-order valence-electron chi connectivity index (χ4n) is 1.71. The molecule has 5 heteroatoms. The third-order valence-electron chi connectivity index (χ3n) is 2.57. The Hall–Kier alpha value is -1.75. The van der Waals surface area contributed by atoms with Crippen LogP contribution in [0.2, 0.25) is 0 Å². The first kappa shape index (κ1) is 15.3. The summed E-state index contributed by atoms with van der Waals surface area (Å²) >= 11 is 0. The van der Waals surface area contributed by atoms with Crippen LogP contribution in [-0.2, 0) is 4.79 Å². The molecule has 0 spiro atoms. The van der Waals surface area contributed by atoms with Gasteiger partial charge in [-0.2, -0.15) is 0 Å². The second kappa shape index (κ2) is 7.63. The van der Waals surface area contributed by atoms with Gasteiger partial charge in [0.2, 0.25) is 0 Å². The molecule has 106 valence electrons.